The number of piperazine rings is 1. The van der Waals surface area contributed by atoms with Gasteiger partial charge in [0.2, 0.25) is 0 Å². The molecule has 1 N–H and O–H groups in total. The first-order valence-corrected chi connectivity index (χ1v) is 6.31. The van der Waals surface area contributed by atoms with E-state index in [1.807, 2.05) is 24.3 Å². The number of hydrogen-bond donors (Lipinski definition) is 1. The van der Waals surface area contributed by atoms with Gasteiger partial charge >= 0.3 is 0 Å². The maximum Gasteiger partial charge on any atom is 0.0606 e. The molecule has 2 rings (SSSR count). The molecule has 1 fully saturated rings. The lowest BCUT2D eigenvalue weighted by atomic mass is 10.2. The predicted molar refractivity (Wildman–Crippen MR) is 70.3 cm³/mol. The molecule has 1 aliphatic rings. The molecule has 0 bridgehead atoms. The van der Waals surface area contributed by atoms with Crippen molar-refractivity contribution < 1.29 is 0 Å². The van der Waals surface area contributed by atoms with Crippen LogP contribution in [0.25, 0.3) is 0 Å². The van der Waals surface area contributed by atoms with Crippen LogP contribution in [0.4, 0.5) is 0 Å². The highest BCUT2D eigenvalue weighted by Crippen LogP contribution is 2.10. The molecule has 1 aliphatic heterocycles. The third-order valence-corrected chi connectivity index (χ3v) is 3.06. The Morgan fingerprint density at radius 1 is 1.31 bits per heavy atom. The lowest BCUT2D eigenvalue weighted by Crippen LogP contribution is -2.43. The van der Waals surface area contributed by atoms with Gasteiger partial charge in [0.1, 0.15) is 0 Å². The van der Waals surface area contributed by atoms with Crippen LogP contribution in [0.5, 0.6) is 0 Å². The van der Waals surface area contributed by atoms with Crippen LogP contribution in [-0.2, 0) is 0 Å². The van der Waals surface area contributed by atoms with E-state index in [9.17, 15) is 0 Å². The molecular weight excluding hydrogens is 264 g/mol. The van der Waals surface area contributed by atoms with Crippen LogP contribution in [0.2, 0.25) is 0 Å². The first-order chi connectivity index (χ1) is 7.84. The van der Waals surface area contributed by atoms with Crippen LogP contribution in [-0.4, -0.2) is 37.6 Å². The Balaban J connectivity index is 1.89. The van der Waals surface area contributed by atoms with Crippen molar-refractivity contribution in [3.63, 3.8) is 0 Å². The van der Waals surface area contributed by atoms with E-state index in [1.165, 1.54) is 0 Å². The SMILES string of the molecule is Brc1cccc(C#CCN2CCNCC2)c1. The van der Waals surface area contributed by atoms with Crippen molar-refractivity contribution in [1.82, 2.24) is 10.2 Å². The number of nitrogens with one attached hydrogen (secondary N) is 1. The molecule has 3 heteroatoms. The van der Waals surface area contributed by atoms with E-state index >= 15 is 0 Å². The third-order valence-electron chi connectivity index (χ3n) is 2.57. The Hall–Kier alpha value is -0.820. The Morgan fingerprint density at radius 3 is 2.88 bits per heavy atom. The molecule has 0 saturated carbocycles. The summed E-state index contributed by atoms with van der Waals surface area (Å²) in [6.45, 7) is 5.24. The third kappa shape index (κ3) is 3.64. The molecule has 16 heavy (non-hydrogen) atoms. The summed E-state index contributed by atoms with van der Waals surface area (Å²) in [5.74, 6) is 6.42. The van der Waals surface area contributed by atoms with Crippen molar-refractivity contribution >= 4 is 15.9 Å². The van der Waals surface area contributed by atoms with E-state index in [-0.39, 0.29) is 0 Å². The molecule has 0 amide bonds. The summed E-state index contributed by atoms with van der Waals surface area (Å²) in [5, 5.41) is 3.33. The lowest BCUT2D eigenvalue weighted by Gasteiger charge is -2.24. The first-order valence-electron chi connectivity index (χ1n) is 5.52. The molecule has 0 unspecified atom stereocenters. The zero-order valence-electron chi connectivity index (χ0n) is 9.17. The van der Waals surface area contributed by atoms with Crippen molar-refractivity contribution in [1.29, 1.82) is 0 Å². The quantitative estimate of drug-likeness (QED) is 0.787. The minimum Gasteiger partial charge on any atom is -0.314 e. The maximum atomic E-state index is 3.44. The van der Waals surface area contributed by atoms with E-state index in [4.69, 9.17) is 0 Å². The highest BCUT2D eigenvalue weighted by atomic mass is 79.9. The lowest BCUT2D eigenvalue weighted by molar-refractivity contribution is 0.268. The monoisotopic (exact) mass is 278 g/mol. The summed E-state index contributed by atoms with van der Waals surface area (Å²) in [5.41, 5.74) is 1.07. The molecule has 0 aromatic heterocycles. The highest BCUT2D eigenvalue weighted by molar-refractivity contribution is 9.10. The molecule has 0 aliphatic carbocycles. The van der Waals surface area contributed by atoms with Crippen LogP contribution in [0, 0.1) is 11.8 Å². The summed E-state index contributed by atoms with van der Waals surface area (Å²) in [4.78, 5) is 2.38. The van der Waals surface area contributed by atoms with Gasteiger partial charge in [0.15, 0.2) is 0 Å². The molecule has 1 aromatic carbocycles. The van der Waals surface area contributed by atoms with Gasteiger partial charge in [-0.1, -0.05) is 33.8 Å². The number of benzene rings is 1. The standard InChI is InChI=1S/C13H15BrN2/c14-13-5-1-3-12(11-13)4-2-8-16-9-6-15-7-10-16/h1,3,5,11,15H,6-10H2. The number of halogens is 1. The average Bonchev–Trinajstić information content (AvgIpc) is 2.30. The molecule has 0 spiro atoms. The Kier molecular flexibility index (Phi) is 4.41. The molecule has 0 radical (unpaired) electrons. The second-order valence-corrected chi connectivity index (χ2v) is 4.75. The average molecular weight is 279 g/mol. The molecule has 1 saturated heterocycles. The molecule has 0 atom stereocenters. The Morgan fingerprint density at radius 2 is 2.12 bits per heavy atom. The molecule has 84 valence electrons. The first kappa shape index (κ1) is 11.7. The fourth-order valence-corrected chi connectivity index (χ4v) is 2.09. The molecular formula is C13H15BrN2. The minimum absolute atomic E-state index is 0.869. The second-order valence-electron chi connectivity index (χ2n) is 3.84. The van der Waals surface area contributed by atoms with Gasteiger partial charge in [-0.25, -0.2) is 0 Å². The van der Waals surface area contributed by atoms with E-state index in [2.05, 4.69) is 38.0 Å². The van der Waals surface area contributed by atoms with Crippen LogP contribution in [0.15, 0.2) is 28.7 Å². The molecule has 1 aromatic rings. The Labute approximate surface area is 105 Å². The summed E-state index contributed by atoms with van der Waals surface area (Å²) < 4.78 is 1.08. The number of rotatable bonds is 1. The summed E-state index contributed by atoms with van der Waals surface area (Å²) >= 11 is 3.44. The fourth-order valence-electron chi connectivity index (χ4n) is 1.69. The smallest absolute Gasteiger partial charge is 0.0606 e. The molecule has 2 nitrogen and oxygen atoms in total. The summed E-state index contributed by atoms with van der Waals surface area (Å²) in [6, 6.07) is 8.11. The van der Waals surface area contributed by atoms with Gasteiger partial charge in [0.25, 0.3) is 0 Å². The van der Waals surface area contributed by atoms with Crippen molar-refractivity contribution in [2.24, 2.45) is 0 Å². The van der Waals surface area contributed by atoms with Gasteiger partial charge in [-0.15, -0.1) is 0 Å². The van der Waals surface area contributed by atoms with E-state index in [1.54, 1.807) is 0 Å². The topological polar surface area (TPSA) is 15.3 Å². The van der Waals surface area contributed by atoms with Crippen LogP contribution < -0.4 is 5.32 Å². The van der Waals surface area contributed by atoms with Gasteiger partial charge in [0.05, 0.1) is 6.54 Å². The highest BCUT2D eigenvalue weighted by Gasteiger charge is 2.06. The zero-order chi connectivity index (χ0) is 11.2. The number of hydrogen-bond acceptors (Lipinski definition) is 2. The predicted octanol–water partition coefficient (Wildman–Crippen LogP) is 1.71. The van der Waals surface area contributed by atoms with Crippen molar-refractivity contribution in [3.05, 3.63) is 34.3 Å². The van der Waals surface area contributed by atoms with Crippen molar-refractivity contribution in [2.45, 2.75) is 0 Å². The van der Waals surface area contributed by atoms with Gasteiger partial charge in [0, 0.05) is 36.2 Å². The number of nitrogens with zero attached hydrogens (tertiary/aromatic N) is 1. The van der Waals surface area contributed by atoms with E-state index in [0.29, 0.717) is 0 Å². The van der Waals surface area contributed by atoms with E-state index < -0.39 is 0 Å². The van der Waals surface area contributed by atoms with Crippen LogP contribution >= 0.6 is 15.9 Å². The second kappa shape index (κ2) is 6.05. The normalized spacial score (nSPS) is 16.6. The van der Waals surface area contributed by atoms with Gasteiger partial charge in [-0.2, -0.15) is 0 Å². The fraction of sp³-hybridized carbons (Fsp3) is 0.385. The summed E-state index contributed by atoms with van der Waals surface area (Å²) in [6.07, 6.45) is 0. The Bertz CT molecular complexity index is 400. The van der Waals surface area contributed by atoms with Gasteiger partial charge in [-0.3, -0.25) is 4.90 Å². The molecule has 1 heterocycles. The van der Waals surface area contributed by atoms with Crippen LogP contribution in [0.3, 0.4) is 0 Å². The minimum atomic E-state index is 0.869. The van der Waals surface area contributed by atoms with E-state index in [0.717, 1.165) is 42.8 Å². The van der Waals surface area contributed by atoms with Gasteiger partial charge in [-0.05, 0) is 18.2 Å². The van der Waals surface area contributed by atoms with Gasteiger partial charge < -0.3 is 5.32 Å². The van der Waals surface area contributed by atoms with Crippen molar-refractivity contribution in [2.75, 3.05) is 32.7 Å². The van der Waals surface area contributed by atoms with Crippen LogP contribution in [0.1, 0.15) is 5.56 Å². The largest absolute Gasteiger partial charge is 0.314 e. The van der Waals surface area contributed by atoms with Crippen molar-refractivity contribution in [3.8, 4) is 11.8 Å². The summed E-state index contributed by atoms with van der Waals surface area (Å²) in [7, 11) is 0. The zero-order valence-corrected chi connectivity index (χ0v) is 10.8. The maximum absolute atomic E-state index is 3.44.